The van der Waals surface area contributed by atoms with Gasteiger partial charge in [-0.1, -0.05) is 54.6 Å². The fraction of sp³-hybridized carbons (Fsp3) is 0.323. The summed E-state index contributed by atoms with van der Waals surface area (Å²) in [5.74, 6) is 1.76. The Kier molecular flexibility index (Phi) is 7.59. The number of likely N-dealkylation sites (tertiary alicyclic amines) is 1. The maximum atomic E-state index is 6.14. The first-order valence-electron chi connectivity index (χ1n) is 12.9. The highest BCUT2D eigenvalue weighted by molar-refractivity contribution is 5.93. The molecule has 4 aromatic rings. The number of hydrogen-bond acceptors (Lipinski definition) is 4. The summed E-state index contributed by atoms with van der Waals surface area (Å²) >= 11 is 0. The Morgan fingerprint density at radius 2 is 1.71 bits per heavy atom. The van der Waals surface area contributed by atoms with Gasteiger partial charge >= 0.3 is 0 Å². The van der Waals surface area contributed by atoms with E-state index in [2.05, 4.69) is 81.9 Å². The molecule has 3 aromatic carbocycles. The Bertz CT molecular complexity index is 1230. The van der Waals surface area contributed by atoms with Crippen LogP contribution in [0, 0.1) is 12.8 Å². The van der Waals surface area contributed by atoms with Crippen LogP contribution in [0.4, 0.5) is 11.4 Å². The van der Waals surface area contributed by atoms with Gasteiger partial charge in [0.2, 0.25) is 0 Å². The van der Waals surface area contributed by atoms with Crippen molar-refractivity contribution in [1.29, 1.82) is 0 Å². The fourth-order valence-corrected chi connectivity index (χ4v) is 5.04. The van der Waals surface area contributed by atoms with Crippen molar-refractivity contribution in [2.45, 2.75) is 32.6 Å². The van der Waals surface area contributed by atoms with Gasteiger partial charge in [-0.2, -0.15) is 0 Å². The Morgan fingerprint density at radius 3 is 2.57 bits per heavy atom. The molecule has 2 heterocycles. The highest BCUT2D eigenvalue weighted by atomic mass is 16.5. The highest BCUT2D eigenvalue weighted by Crippen LogP contribution is 2.28. The van der Waals surface area contributed by atoms with E-state index < -0.39 is 0 Å². The third-order valence-electron chi connectivity index (χ3n) is 7.02. The molecular formula is C31H35N3O. The van der Waals surface area contributed by atoms with Gasteiger partial charge in [0.25, 0.3) is 0 Å². The van der Waals surface area contributed by atoms with Crippen LogP contribution in [0.5, 0.6) is 5.75 Å². The second-order valence-electron chi connectivity index (χ2n) is 9.64. The van der Waals surface area contributed by atoms with Crippen LogP contribution in [-0.2, 0) is 6.42 Å². The molecule has 1 fully saturated rings. The lowest BCUT2D eigenvalue weighted by atomic mass is 9.90. The quantitative estimate of drug-likeness (QED) is 0.288. The van der Waals surface area contributed by atoms with E-state index in [1.165, 1.54) is 44.3 Å². The number of fused-ring (bicyclic) bond motifs is 1. The Morgan fingerprint density at radius 1 is 0.914 bits per heavy atom. The van der Waals surface area contributed by atoms with Crippen LogP contribution in [0.1, 0.15) is 30.5 Å². The monoisotopic (exact) mass is 465 g/mol. The summed E-state index contributed by atoms with van der Waals surface area (Å²) in [7, 11) is 0. The Hall–Kier alpha value is -3.37. The van der Waals surface area contributed by atoms with Crippen molar-refractivity contribution in [2.75, 3.05) is 31.6 Å². The van der Waals surface area contributed by atoms with Gasteiger partial charge in [0.1, 0.15) is 12.4 Å². The molecule has 1 aliphatic rings. The summed E-state index contributed by atoms with van der Waals surface area (Å²) in [4.78, 5) is 7.19. The summed E-state index contributed by atoms with van der Waals surface area (Å²) in [6.45, 7) is 6.09. The molecule has 5 rings (SSSR count). The number of piperidine rings is 1. The van der Waals surface area contributed by atoms with Crippen molar-refractivity contribution in [3.63, 3.8) is 0 Å². The molecular weight excluding hydrogens is 430 g/mol. The van der Waals surface area contributed by atoms with Crippen molar-refractivity contribution >= 4 is 22.3 Å². The van der Waals surface area contributed by atoms with Crippen molar-refractivity contribution < 1.29 is 4.74 Å². The number of ether oxygens (including phenoxy) is 1. The first-order valence-corrected chi connectivity index (χ1v) is 12.9. The molecule has 180 valence electrons. The van der Waals surface area contributed by atoms with E-state index in [0.717, 1.165) is 52.8 Å². The molecule has 35 heavy (non-hydrogen) atoms. The summed E-state index contributed by atoms with van der Waals surface area (Å²) in [5.41, 5.74) is 5.57. The van der Waals surface area contributed by atoms with Gasteiger partial charge in [-0.15, -0.1) is 0 Å². The molecule has 0 radical (unpaired) electrons. The number of nitrogens with zero attached hydrogens (tertiary/aromatic N) is 2. The normalized spacial score (nSPS) is 14.8. The van der Waals surface area contributed by atoms with Gasteiger partial charge < -0.3 is 10.1 Å². The zero-order valence-corrected chi connectivity index (χ0v) is 20.6. The van der Waals surface area contributed by atoms with Gasteiger partial charge in [0, 0.05) is 35.1 Å². The lowest BCUT2D eigenvalue weighted by Gasteiger charge is -2.31. The van der Waals surface area contributed by atoms with E-state index in [1.54, 1.807) is 0 Å². The predicted molar refractivity (Wildman–Crippen MR) is 146 cm³/mol. The number of rotatable bonds is 9. The molecule has 4 heteroatoms. The zero-order chi connectivity index (χ0) is 23.9. The van der Waals surface area contributed by atoms with Crippen LogP contribution in [0.25, 0.3) is 10.9 Å². The molecule has 1 N–H and O–H groups in total. The first-order chi connectivity index (χ1) is 17.2. The molecule has 0 aliphatic carbocycles. The predicted octanol–water partition coefficient (Wildman–Crippen LogP) is 7.01. The van der Waals surface area contributed by atoms with Gasteiger partial charge in [0.05, 0.1) is 5.52 Å². The average Bonchev–Trinajstić information content (AvgIpc) is 2.89. The van der Waals surface area contributed by atoms with E-state index in [4.69, 9.17) is 4.74 Å². The summed E-state index contributed by atoms with van der Waals surface area (Å²) in [6.07, 6.45) is 5.10. The lowest BCUT2D eigenvalue weighted by molar-refractivity contribution is 0.151. The van der Waals surface area contributed by atoms with E-state index in [-0.39, 0.29) is 0 Å². The first kappa shape index (κ1) is 23.4. The maximum absolute atomic E-state index is 6.14. The van der Waals surface area contributed by atoms with Gasteiger partial charge in [-0.3, -0.25) is 9.88 Å². The largest absolute Gasteiger partial charge is 0.492 e. The number of aromatic nitrogens is 1. The zero-order valence-electron chi connectivity index (χ0n) is 20.6. The summed E-state index contributed by atoms with van der Waals surface area (Å²) in [6, 6.07) is 29.5. The van der Waals surface area contributed by atoms with Crippen molar-refractivity contribution in [3.05, 3.63) is 96.2 Å². The topological polar surface area (TPSA) is 37.4 Å². The van der Waals surface area contributed by atoms with E-state index in [9.17, 15) is 0 Å². The fourth-order valence-electron chi connectivity index (χ4n) is 5.04. The standard InChI is InChI=1S/C31H35N3O/c1-24-22-31(29-12-5-6-13-30(29)32-24)33-27-10-7-11-28(23-27)35-21-20-34-18-16-26(17-19-34)15-14-25-8-3-2-4-9-25/h2-13,22-23,26H,14-21H2,1H3,(H,32,33). The molecule has 0 amide bonds. The number of nitrogens with one attached hydrogen (secondary N) is 1. The SMILES string of the molecule is Cc1cc(Nc2cccc(OCCN3CCC(CCc4ccccc4)CC3)c2)c2ccccc2n1. The molecule has 0 bridgehead atoms. The molecule has 1 aromatic heterocycles. The molecule has 1 aliphatic heterocycles. The minimum Gasteiger partial charge on any atom is -0.492 e. The van der Waals surface area contributed by atoms with Crippen molar-refractivity contribution in [2.24, 2.45) is 5.92 Å². The van der Waals surface area contributed by atoms with E-state index in [1.807, 2.05) is 25.1 Å². The van der Waals surface area contributed by atoms with Crippen molar-refractivity contribution in [1.82, 2.24) is 9.88 Å². The Balaban J connectivity index is 1.09. The number of anilines is 2. The van der Waals surface area contributed by atoms with Gasteiger partial charge in [-0.25, -0.2) is 0 Å². The van der Waals surface area contributed by atoms with E-state index >= 15 is 0 Å². The number of aryl methyl sites for hydroxylation is 2. The second-order valence-corrected chi connectivity index (χ2v) is 9.64. The van der Waals surface area contributed by atoms with Crippen LogP contribution >= 0.6 is 0 Å². The van der Waals surface area contributed by atoms with Crippen LogP contribution in [0.15, 0.2) is 84.9 Å². The smallest absolute Gasteiger partial charge is 0.121 e. The number of pyridine rings is 1. The number of hydrogen-bond donors (Lipinski definition) is 1. The molecule has 0 atom stereocenters. The maximum Gasteiger partial charge on any atom is 0.121 e. The van der Waals surface area contributed by atoms with Gasteiger partial charge in [0.15, 0.2) is 0 Å². The summed E-state index contributed by atoms with van der Waals surface area (Å²) in [5, 5.41) is 4.69. The molecule has 4 nitrogen and oxygen atoms in total. The average molecular weight is 466 g/mol. The number of benzene rings is 3. The highest BCUT2D eigenvalue weighted by Gasteiger charge is 2.18. The van der Waals surface area contributed by atoms with Gasteiger partial charge in [-0.05, 0) is 81.4 Å². The Labute approximate surface area is 209 Å². The van der Waals surface area contributed by atoms with Crippen LogP contribution < -0.4 is 10.1 Å². The molecule has 0 saturated carbocycles. The molecule has 1 saturated heterocycles. The van der Waals surface area contributed by atoms with Crippen LogP contribution in [-0.4, -0.2) is 36.1 Å². The lowest BCUT2D eigenvalue weighted by Crippen LogP contribution is -2.36. The molecule has 0 spiro atoms. The third-order valence-corrected chi connectivity index (χ3v) is 7.02. The minimum atomic E-state index is 0.718. The van der Waals surface area contributed by atoms with Crippen molar-refractivity contribution in [3.8, 4) is 5.75 Å². The minimum absolute atomic E-state index is 0.718. The second kappa shape index (κ2) is 11.4. The summed E-state index contributed by atoms with van der Waals surface area (Å²) < 4.78 is 6.14. The third kappa shape index (κ3) is 6.40. The van der Waals surface area contributed by atoms with Crippen LogP contribution in [0.3, 0.4) is 0 Å². The van der Waals surface area contributed by atoms with E-state index in [0.29, 0.717) is 0 Å². The van der Waals surface area contributed by atoms with Crippen LogP contribution in [0.2, 0.25) is 0 Å². The number of para-hydroxylation sites is 1. The molecule has 0 unspecified atom stereocenters.